The molecule has 0 spiro atoms. The molecule has 2 rings (SSSR count). The van der Waals surface area contributed by atoms with Crippen molar-refractivity contribution >= 4 is 21.2 Å². The summed E-state index contributed by atoms with van der Waals surface area (Å²) in [5, 5.41) is 0.802. The first kappa shape index (κ1) is 15.8. The lowest BCUT2D eigenvalue weighted by Gasteiger charge is -2.13. The van der Waals surface area contributed by atoms with Crippen LogP contribution in [-0.4, -0.2) is 14.8 Å². The predicted molar refractivity (Wildman–Crippen MR) is 73.0 cm³/mol. The minimum atomic E-state index is -4.77. The summed E-state index contributed by atoms with van der Waals surface area (Å²) in [7, 11) is -3.54. The fraction of sp³-hybridized carbons (Fsp3) is 0.231. The van der Waals surface area contributed by atoms with E-state index in [1.807, 2.05) is 0 Å². The van der Waals surface area contributed by atoms with Crippen molar-refractivity contribution in [2.24, 2.45) is 0 Å². The zero-order valence-corrected chi connectivity index (χ0v) is 12.4. The average Bonchev–Trinajstić information content (AvgIpc) is 2.91. The third-order valence-electron chi connectivity index (χ3n) is 2.82. The van der Waals surface area contributed by atoms with E-state index in [4.69, 9.17) is 0 Å². The van der Waals surface area contributed by atoms with Gasteiger partial charge in [0.05, 0.1) is 5.25 Å². The number of ether oxygens (including phenoxy) is 1. The van der Waals surface area contributed by atoms with Gasteiger partial charge < -0.3 is 4.74 Å². The summed E-state index contributed by atoms with van der Waals surface area (Å²) >= 11 is 1.10. The number of hydrogen-bond donors (Lipinski definition) is 0. The van der Waals surface area contributed by atoms with Crippen LogP contribution in [0, 0.1) is 0 Å². The van der Waals surface area contributed by atoms with Gasteiger partial charge in [-0.05, 0) is 36.1 Å². The fourth-order valence-electron chi connectivity index (χ4n) is 1.72. The molecule has 0 N–H and O–H groups in total. The SMILES string of the molecule is CC(c1ccc(OC(F)(F)F)cc1)S(=O)(=O)c1cccs1. The van der Waals surface area contributed by atoms with E-state index < -0.39 is 21.4 Å². The van der Waals surface area contributed by atoms with Crippen LogP contribution in [0.1, 0.15) is 17.7 Å². The molecule has 1 unspecified atom stereocenters. The standard InChI is InChI=1S/C13H11F3O3S2/c1-9(21(17,18)12-3-2-8-20-12)10-4-6-11(7-5-10)19-13(14,15)16/h2-9H,1H3. The minimum Gasteiger partial charge on any atom is -0.406 e. The van der Waals surface area contributed by atoms with Gasteiger partial charge in [-0.15, -0.1) is 24.5 Å². The number of hydrogen-bond acceptors (Lipinski definition) is 4. The van der Waals surface area contributed by atoms with Crippen LogP contribution in [0.25, 0.3) is 0 Å². The number of alkyl halides is 3. The summed E-state index contributed by atoms with van der Waals surface area (Å²) in [6, 6.07) is 7.96. The first-order valence-electron chi connectivity index (χ1n) is 5.83. The third kappa shape index (κ3) is 3.76. The van der Waals surface area contributed by atoms with E-state index in [1.54, 1.807) is 11.4 Å². The highest BCUT2D eigenvalue weighted by molar-refractivity contribution is 7.93. The minimum absolute atomic E-state index is 0.227. The van der Waals surface area contributed by atoms with E-state index in [9.17, 15) is 21.6 Å². The molecule has 3 nitrogen and oxygen atoms in total. The molecule has 0 bridgehead atoms. The molecule has 2 aromatic rings. The molecule has 1 heterocycles. The summed E-state index contributed by atoms with van der Waals surface area (Å²) < 4.78 is 64.8. The van der Waals surface area contributed by atoms with Crippen molar-refractivity contribution in [1.29, 1.82) is 0 Å². The molecule has 0 aliphatic rings. The Morgan fingerprint density at radius 2 is 1.76 bits per heavy atom. The maximum Gasteiger partial charge on any atom is 0.573 e. The average molecular weight is 336 g/mol. The maximum absolute atomic E-state index is 12.3. The smallest absolute Gasteiger partial charge is 0.406 e. The van der Waals surface area contributed by atoms with E-state index in [1.165, 1.54) is 25.1 Å². The summed E-state index contributed by atoms with van der Waals surface area (Å²) in [4.78, 5) is 0. The Morgan fingerprint density at radius 3 is 2.24 bits per heavy atom. The molecule has 0 amide bonds. The Kier molecular flexibility index (Phi) is 4.29. The molecule has 0 aliphatic heterocycles. The molecule has 1 aromatic carbocycles. The van der Waals surface area contributed by atoms with Crippen LogP contribution < -0.4 is 4.74 Å². The Hall–Kier alpha value is -1.54. The monoisotopic (exact) mass is 336 g/mol. The van der Waals surface area contributed by atoms with Crippen LogP contribution in [0.15, 0.2) is 46.0 Å². The van der Waals surface area contributed by atoms with Crippen molar-refractivity contribution in [2.45, 2.75) is 22.7 Å². The van der Waals surface area contributed by atoms with Gasteiger partial charge >= 0.3 is 6.36 Å². The zero-order chi connectivity index (χ0) is 15.7. The van der Waals surface area contributed by atoms with E-state index in [2.05, 4.69) is 4.74 Å². The lowest BCUT2D eigenvalue weighted by atomic mass is 10.2. The van der Waals surface area contributed by atoms with Gasteiger partial charge in [0.1, 0.15) is 9.96 Å². The van der Waals surface area contributed by atoms with Crippen molar-refractivity contribution in [3.05, 3.63) is 47.3 Å². The maximum atomic E-state index is 12.3. The van der Waals surface area contributed by atoms with Crippen molar-refractivity contribution in [2.75, 3.05) is 0 Å². The van der Waals surface area contributed by atoms with Gasteiger partial charge in [-0.2, -0.15) is 0 Å². The zero-order valence-electron chi connectivity index (χ0n) is 10.8. The molecule has 114 valence electrons. The molecule has 0 fully saturated rings. The summed E-state index contributed by atoms with van der Waals surface area (Å²) in [6.45, 7) is 1.49. The number of benzene rings is 1. The van der Waals surface area contributed by atoms with E-state index >= 15 is 0 Å². The molecule has 0 saturated heterocycles. The van der Waals surface area contributed by atoms with Crippen molar-refractivity contribution in [1.82, 2.24) is 0 Å². The lowest BCUT2D eigenvalue weighted by molar-refractivity contribution is -0.274. The summed E-state index contributed by atoms with van der Waals surface area (Å²) in [6.07, 6.45) is -4.77. The normalized spacial score (nSPS) is 13.9. The van der Waals surface area contributed by atoms with Crippen LogP contribution in [0.5, 0.6) is 5.75 Å². The van der Waals surface area contributed by atoms with E-state index in [0.717, 1.165) is 23.5 Å². The van der Waals surface area contributed by atoms with Gasteiger partial charge in [-0.3, -0.25) is 0 Å². The van der Waals surface area contributed by atoms with Gasteiger partial charge in [-0.1, -0.05) is 18.2 Å². The van der Waals surface area contributed by atoms with Gasteiger partial charge in [0.25, 0.3) is 0 Å². The Balaban J connectivity index is 2.23. The predicted octanol–water partition coefficient (Wildman–Crippen LogP) is 4.18. The van der Waals surface area contributed by atoms with Crippen LogP contribution in [-0.2, 0) is 9.84 Å². The second-order valence-electron chi connectivity index (χ2n) is 4.24. The first-order valence-corrected chi connectivity index (χ1v) is 8.26. The fourth-order valence-corrected chi connectivity index (χ4v) is 4.44. The van der Waals surface area contributed by atoms with Crippen LogP contribution >= 0.6 is 11.3 Å². The first-order chi connectivity index (χ1) is 9.70. The van der Waals surface area contributed by atoms with Crippen LogP contribution in [0.4, 0.5) is 13.2 Å². The third-order valence-corrected chi connectivity index (χ3v) is 6.37. The molecular weight excluding hydrogens is 325 g/mol. The molecular formula is C13H11F3O3S2. The van der Waals surface area contributed by atoms with Gasteiger partial charge in [0.2, 0.25) is 0 Å². The number of thiophene rings is 1. The molecule has 21 heavy (non-hydrogen) atoms. The van der Waals surface area contributed by atoms with Gasteiger partial charge in [-0.25, -0.2) is 8.42 Å². The van der Waals surface area contributed by atoms with Gasteiger partial charge in [0, 0.05) is 0 Å². The molecule has 8 heteroatoms. The van der Waals surface area contributed by atoms with Crippen molar-refractivity contribution in [3.63, 3.8) is 0 Å². The molecule has 0 aliphatic carbocycles. The highest BCUT2D eigenvalue weighted by Crippen LogP contribution is 2.32. The number of halogens is 3. The number of sulfone groups is 1. The highest BCUT2D eigenvalue weighted by Gasteiger charge is 2.31. The topological polar surface area (TPSA) is 43.4 Å². The molecule has 0 radical (unpaired) electrons. The lowest BCUT2D eigenvalue weighted by Crippen LogP contribution is -2.17. The van der Waals surface area contributed by atoms with E-state index in [0.29, 0.717) is 5.56 Å². The summed E-state index contributed by atoms with van der Waals surface area (Å²) in [5.41, 5.74) is 0.401. The summed E-state index contributed by atoms with van der Waals surface area (Å²) in [5.74, 6) is -0.382. The Morgan fingerprint density at radius 1 is 1.14 bits per heavy atom. The van der Waals surface area contributed by atoms with Gasteiger partial charge in [0.15, 0.2) is 9.84 Å². The van der Waals surface area contributed by atoms with E-state index in [-0.39, 0.29) is 9.96 Å². The molecule has 0 saturated carbocycles. The quantitative estimate of drug-likeness (QED) is 0.841. The Bertz CT molecular complexity index is 689. The second kappa shape index (κ2) is 5.69. The van der Waals surface area contributed by atoms with Crippen LogP contribution in [0.2, 0.25) is 0 Å². The second-order valence-corrected chi connectivity index (χ2v) is 7.68. The highest BCUT2D eigenvalue weighted by atomic mass is 32.2. The number of rotatable bonds is 4. The molecule has 1 atom stereocenters. The van der Waals surface area contributed by atoms with Crippen LogP contribution in [0.3, 0.4) is 0 Å². The molecule has 1 aromatic heterocycles. The Labute approximate surface area is 123 Å². The largest absolute Gasteiger partial charge is 0.573 e. The van der Waals surface area contributed by atoms with Crippen molar-refractivity contribution < 1.29 is 26.3 Å². The van der Waals surface area contributed by atoms with Crippen molar-refractivity contribution in [3.8, 4) is 5.75 Å².